The molecule has 0 aliphatic carbocycles. The summed E-state index contributed by atoms with van der Waals surface area (Å²) in [4.78, 5) is 14.2. The number of hydrogen-bond donors (Lipinski definition) is 0. The first-order valence-corrected chi connectivity index (χ1v) is 9.58. The zero-order valence-corrected chi connectivity index (χ0v) is 16.1. The molecule has 3 nitrogen and oxygen atoms in total. The lowest BCUT2D eigenvalue weighted by atomic mass is 10.1. The molecule has 0 unspecified atom stereocenters. The van der Waals surface area contributed by atoms with E-state index in [-0.39, 0.29) is 0 Å². The summed E-state index contributed by atoms with van der Waals surface area (Å²) in [6, 6.07) is 29.1. The summed E-state index contributed by atoms with van der Waals surface area (Å²) in [5.74, 6) is 1.94. The molecule has 1 heterocycles. The summed E-state index contributed by atoms with van der Waals surface area (Å²) in [6.45, 7) is 5.96. The zero-order valence-electron chi connectivity index (χ0n) is 16.1. The van der Waals surface area contributed by atoms with E-state index in [1.165, 1.54) is 10.8 Å². The molecule has 1 aromatic heterocycles. The third-order valence-electron chi connectivity index (χ3n) is 5.03. The molecule has 4 aromatic carbocycles. The lowest BCUT2D eigenvalue weighted by Gasteiger charge is -2.09. The van der Waals surface area contributed by atoms with E-state index in [9.17, 15) is 0 Å². The van der Waals surface area contributed by atoms with Crippen LogP contribution in [0.5, 0.6) is 0 Å². The van der Waals surface area contributed by atoms with Crippen molar-refractivity contribution in [3.63, 3.8) is 0 Å². The van der Waals surface area contributed by atoms with Crippen molar-refractivity contribution in [1.29, 1.82) is 0 Å². The molecule has 0 N–H and O–H groups in total. The van der Waals surface area contributed by atoms with Crippen molar-refractivity contribution in [3.8, 4) is 22.8 Å². The van der Waals surface area contributed by atoms with Gasteiger partial charge in [0.25, 0.3) is 0 Å². The van der Waals surface area contributed by atoms with E-state index in [4.69, 9.17) is 4.98 Å². The lowest BCUT2D eigenvalue weighted by molar-refractivity contribution is 1.03. The van der Waals surface area contributed by atoms with Crippen molar-refractivity contribution < 1.29 is 0 Å². The minimum atomic E-state index is 0.617. The Balaban J connectivity index is 1.69. The molecule has 0 bridgehead atoms. The first-order chi connectivity index (χ1) is 14.2. The maximum absolute atomic E-state index is 4.81. The maximum Gasteiger partial charge on any atom is 0.164 e. The van der Waals surface area contributed by atoms with Gasteiger partial charge in [0.1, 0.15) is 0 Å². The molecular weight excluding hydrogens is 354 g/mol. The Morgan fingerprint density at radius 2 is 1.03 bits per heavy atom. The second-order valence-electron chi connectivity index (χ2n) is 7.21. The van der Waals surface area contributed by atoms with E-state index >= 15 is 0 Å². The molecule has 0 radical (unpaired) electrons. The predicted octanol–water partition coefficient (Wildman–Crippen LogP) is 6.55. The molecule has 0 spiro atoms. The normalized spacial score (nSPS) is 11.1. The summed E-state index contributed by atoms with van der Waals surface area (Å²) in [5, 5.41) is 4.71. The van der Waals surface area contributed by atoms with Crippen LogP contribution in [0.4, 0.5) is 0 Å². The van der Waals surface area contributed by atoms with Crippen LogP contribution in [0.15, 0.2) is 91.5 Å². The Kier molecular flexibility index (Phi) is 4.14. The molecule has 0 aliphatic rings. The number of benzene rings is 4. The van der Waals surface area contributed by atoms with Gasteiger partial charge in [0.2, 0.25) is 0 Å². The highest BCUT2D eigenvalue weighted by Gasteiger charge is 2.12. The van der Waals surface area contributed by atoms with Gasteiger partial charge in [-0.15, -0.1) is 0 Å². The molecule has 0 atom stereocenters. The largest absolute Gasteiger partial charge is 0.209 e. The molecule has 0 aliphatic heterocycles. The average molecular weight is 373 g/mol. The first-order valence-electron chi connectivity index (χ1n) is 9.58. The fourth-order valence-corrected chi connectivity index (χ4v) is 3.48. The van der Waals surface area contributed by atoms with Gasteiger partial charge in [-0.05, 0) is 46.2 Å². The topological polar surface area (TPSA) is 38.7 Å². The van der Waals surface area contributed by atoms with Gasteiger partial charge in [-0.2, -0.15) is 0 Å². The summed E-state index contributed by atoms with van der Waals surface area (Å²) < 4.78 is 0. The van der Waals surface area contributed by atoms with Gasteiger partial charge in [-0.25, -0.2) is 15.0 Å². The summed E-state index contributed by atoms with van der Waals surface area (Å²) >= 11 is 0. The van der Waals surface area contributed by atoms with Gasteiger partial charge in [0.05, 0.1) is 0 Å². The molecule has 0 fully saturated rings. The van der Waals surface area contributed by atoms with Crippen molar-refractivity contribution in [1.82, 2.24) is 15.0 Å². The Hall–Kier alpha value is -3.85. The summed E-state index contributed by atoms with van der Waals surface area (Å²) in [7, 11) is 0. The number of hydrogen-bond acceptors (Lipinski definition) is 3. The maximum atomic E-state index is 4.81. The van der Waals surface area contributed by atoms with Gasteiger partial charge in [0.15, 0.2) is 17.5 Å². The van der Waals surface area contributed by atoms with Crippen LogP contribution in [0.25, 0.3) is 49.9 Å². The van der Waals surface area contributed by atoms with Crippen LogP contribution < -0.4 is 0 Å². The highest BCUT2D eigenvalue weighted by atomic mass is 15.0. The Bertz CT molecular complexity index is 1290. The van der Waals surface area contributed by atoms with Crippen LogP contribution in [0.3, 0.4) is 0 Å². The van der Waals surface area contributed by atoms with E-state index in [2.05, 4.69) is 77.2 Å². The van der Waals surface area contributed by atoms with Crippen LogP contribution in [0.2, 0.25) is 0 Å². The van der Waals surface area contributed by atoms with Crippen molar-refractivity contribution >= 4 is 27.1 Å². The van der Waals surface area contributed by atoms with Crippen LogP contribution in [-0.2, 0) is 0 Å². The van der Waals surface area contributed by atoms with Crippen molar-refractivity contribution in [2.24, 2.45) is 0 Å². The quantitative estimate of drug-likeness (QED) is 0.360. The Labute approximate surface area is 169 Å². The molecule has 5 aromatic rings. The van der Waals surface area contributed by atoms with E-state index in [0.717, 1.165) is 27.5 Å². The third-order valence-corrected chi connectivity index (χ3v) is 5.03. The monoisotopic (exact) mass is 373 g/mol. The standard InChI is InChI=1S/C26H19N3/c1-17(2)24-27-25(22-13-11-18-7-3-5-9-20(18)15-22)29-26(28-24)23-14-12-19-8-4-6-10-21(19)16-23/h3-16H,1H2,2H3. The average Bonchev–Trinajstić information content (AvgIpc) is 2.78. The second-order valence-corrected chi connectivity index (χ2v) is 7.21. The van der Waals surface area contributed by atoms with E-state index in [1.807, 2.05) is 31.2 Å². The first kappa shape index (κ1) is 17.3. The highest BCUT2D eigenvalue weighted by molar-refractivity contribution is 5.88. The molecular formula is C26H19N3. The van der Waals surface area contributed by atoms with Crippen molar-refractivity contribution in [3.05, 3.63) is 97.3 Å². The fourth-order valence-electron chi connectivity index (χ4n) is 3.48. The van der Waals surface area contributed by atoms with E-state index in [0.29, 0.717) is 17.5 Å². The number of aromatic nitrogens is 3. The van der Waals surface area contributed by atoms with Gasteiger partial charge in [0, 0.05) is 11.1 Å². The lowest BCUT2D eigenvalue weighted by Crippen LogP contribution is -2.01. The van der Waals surface area contributed by atoms with E-state index < -0.39 is 0 Å². The number of rotatable bonds is 3. The predicted molar refractivity (Wildman–Crippen MR) is 120 cm³/mol. The van der Waals surface area contributed by atoms with Gasteiger partial charge in [-0.3, -0.25) is 0 Å². The summed E-state index contributed by atoms with van der Waals surface area (Å²) in [6.07, 6.45) is 0. The van der Waals surface area contributed by atoms with Crippen molar-refractivity contribution in [2.75, 3.05) is 0 Å². The van der Waals surface area contributed by atoms with Gasteiger partial charge < -0.3 is 0 Å². The molecule has 3 heteroatoms. The molecule has 5 rings (SSSR count). The molecule has 29 heavy (non-hydrogen) atoms. The Morgan fingerprint density at radius 1 is 0.586 bits per heavy atom. The second kappa shape index (κ2) is 6.95. The molecule has 0 saturated heterocycles. The smallest absolute Gasteiger partial charge is 0.164 e. The van der Waals surface area contributed by atoms with Crippen LogP contribution >= 0.6 is 0 Å². The number of nitrogens with zero attached hydrogens (tertiary/aromatic N) is 3. The molecule has 0 amide bonds. The number of fused-ring (bicyclic) bond motifs is 2. The number of allylic oxidation sites excluding steroid dienone is 1. The van der Waals surface area contributed by atoms with Gasteiger partial charge in [-0.1, -0.05) is 79.4 Å². The summed E-state index contributed by atoms with van der Waals surface area (Å²) in [5.41, 5.74) is 2.75. The minimum absolute atomic E-state index is 0.617. The van der Waals surface area contributed by atoms with Crippen LogP contribution in [0.1, 0.15) is 12.7 Å². The van der Waals surface area contributed by atoms with Crippen LogP contribution in [-0.4, -0.2) is 15.0 Å². The Morgan fingerprint density at radius 3 is 1.48 bits per heavy atom. The minimum Gasteiger partial charge on any atom is -0.209 e. The fraction of sp³-hybridized carbons (Fsp3) is 0.0385. The SMILES string of the molecule is C=C(C)c1nc(-c2ccc3ccccc3c2)nc(-c2ccc3ccccc3c2)n1. The molecule has 138 valence electrons. The molecule has 0 saturated carbocycles. The highest BCUT2D eigenvalue weighted by Crippen LogP contribution is 2.27. The zero-order chi connectivity index (χ0) is 19.8. The van der Waals surface area contributed by atoms with Gasteiger partial charge >= 0.3 is 0 Å². The third kappa shape index (κ3) is 3.27. The van der Waals surface area contributed by atoms with Crippen molar-refractivity contribution in [2.45, 2.75) is 6.92 Å². The van der Waals surface area contributed by atoms with E-state index in [1.54, 1.807) is 0 Å². The van der Waals surface area contributed by atoms with Crippen LogP contribution in [0, 0.1) is 0 Å².